The second-order valence-corrected chi connectivity index (χ2v) is 11.4. The number of carbonyl (C=O) groups is 2. The van der Waals surface area contributed by atoms with E-state index >= 15 is 0 Å². The van der Waals surface area contributed by atoms with Crippen LogP contribution in [0.4, 0.5) is 5.69 Å². The second kappa shape index (κ2) is 10.1. The van der Waals surface area contributed by atoms with Crippen molar-refractivity contribution in [2.75, 3.05) is 44.2 Å². The smallest absolute Gasteiger partial charge is 0.243 e. The molecule has 0 spiro atoms. The van der Waals surface area contributed by atoms with Crippen LogP contribution in [0.15, 0.2) is 23.1 Å². The zero-order valence-electron chi connectivity index (χ0n) is 19.8. The molecule has 1 aromatic carbocycles. The number of likely N-dealkylation sites (N-methyl/N-ethyl adjacent to an activating group) is 1. The minimum atomic E-state index is -3.58. The largest absolute Gasteiger partial charge is 0.355 e. The van der Waals surface area contributed by atoms with Crippen LogP contribution < -0.4 is 10.2 Å². The molecule has 8 nitrogen and oxygen atoms in total. The molecule has 3 heterocycles. The van der Waals surface area contributed by atoms with Crippen LogP contribution in [0.5, 0.6) is 0 Å². The van der Waals surface area contributed by atoms with Crippen molar-refractivity contribution in [2.24, 2.45) is 5.92 Å². The zero-order chi connectivity index (χ0) is 23.6. The van der Waals surface area contributed by atoms with Crippen LogP contribution in [-0.2, 0) is 26.0 Å². The Kier molecular flexibility index (Phi) is 7.40. The van der Waals surface area contributed by atoms with Crippen molar-refractivity contribution in [1.29, 1.82) is 0 Å². The molecular formula is C24H36N4O4S. The molecule has 0 aliphatic carbocycles. The molecule has 3 aliphatic rings. The Labute approximate surface area is 197 Å². The van der Waals surface area contributed by atoms with Crippen LogP contribution in [0.25, 0.3) is 0 Å². The van der Waals surface area contributed by atoms with Gasteiger partial charge in [0, 0.05) is 51.3 Å². The first-order valence-corrected chi connectivity index (χ1v) is 13.7. The summed E-state index contributed by atoms with van der Waals surface area (Å²) in [6.07, 6.45) is 4.86. The van der Waals surface area contributed by atoms with Gasteiger partial charge >= 0.3 is 0 Å². The van der Waals surface area contributed by atoms with Crippen LogP contribution in [0.3, 0.4) is 0 Å². The molecular weight excluding hydrogens is 440 g/mol. The first-order chi connectivity index (χ1) is 15.8. The average Bonchev–Trinajstić information content (AvgIpc) is 3.44. The van der Waals surface area contributed by atoms with E-state index < -0.39 is 10.0 Å². The normalized spacial score (nSPS) is 22.5. The number of fused-ring (bicyclic) bond motifs is 1. The lowest BCUT2D eigenvalue weighted by Crippen LogP contribution is -2.42. The van der Waals surface area contributed by atoms with E-state index in [9.17, 15) is 18.0 Å². The minimum absolute atomic E-state index is 0.0265. The molecule has 0 radical (unpaired) electrons. The minimum Gasteiger partial charge on any atom is -0.355 e. The Morgan fingerprint density at radius 1 is 1.09 bits per heavy atom. The van der Waals surface area contributed by atoms with Gasteiger partial charge in [0.1, 0.15) is 0 Å². The number of nitrogens with zero attached hydrogens (tertiary/aromatic N) is 3. The van der Waals surface area contributed by atoms with E-state index in [1.807, 2.05) is 0 Å². The number of piperidine rings is 1. The first kappa shape index (κ1) is 24.2. The highest BCUT2D eigenvalue weighted by Gasteiger charge is 2.32. The number of anilines is 1. The van der Waals surface area contributed by atoms with E-state index in [1.165, 1.54) is 13.3 Å². The fourth-order valence-electron chi connectivity index (χ4n) is 5.48. The maximum Gasteiger partial charge on any atom is 0.243 e. The van der Waals surface area contributed by atoms with Crippen LogP contribution in [-0.4, -0.2) is 74.7 Å². The Bertz CT molecular complexity index is 988. The number of hydrogen-bond acceptors (Lipinski definition) is 5. The van der Waals surface area contributed by atoms with E-state index in [0.717, 1.165) is 30.8 Å². The maximum atomic E-state index is 13.2. The summed E-state index contributed by atoms with van der Waals surface area (Å²) in [6, 6.07) is 5.52. The molecule has 0 saturated carbocycles. The lowest BCUT2D eigenvalue weighted by molar-refractivity contribution is -0.122. The summed E-state index contributed by atoms with van der Waals surface area (Å²) >= 11 is 0. The van der Waals surface area contributed by atoms with Crippen molar-refractivity contribution in [1.82, 2.24) is 14.5 Å². The second-order valence-electron chi connectivity index (χ2n) is 9.49. The van der Waals surface area contributed by atoms with E-state index in [1.54, 1.807) is 27.4 Å². The van der Waals surface area contributed by atoms with Gasteiger partial charge in [-0.2, -0.15) is 4.31 Å². The third-order valence-corrected chi connectivity index (χ3v) is 9.35. The van der Waals surface area contributed by atoms with Gasteiger partial charge in [0.05, 0.1) is 4.90 Å². The van der Waals surface area contributed by atoms with Crippen LogP contribution >= 0.6 is 0 Å². The zero-order valence-corrected chi connectivity index (χ0v) is 20.6. The summed E-state index contributed by atoms with van der Waals surface area (Å²) < 4.78 is 27.9. The lowest BCUT2D eigenvalue weighted by Gasteiger charge is -2.31. The molecule has 4 rings (SSSR count). The van der Waals surface area contributed by atoms with Gasteiger partial charge in [-0.15, -0.1) is 0 Å². The van der Waals surface area contributed by atoms with Crippen LogP contribution in [0, 0.1) is 5.92 Å². The molecule has 0 bridgehead atoms. The van der Waals surface area contributed by atoms with E-state index in [0.29, 0.717) is 62.8 Å². The van der Waals surface area contributed by atoms with Gasteiger partial charge in [0.25, 0.3) is 0 Å². The van der Waals surface area contributed by atoms with Crippen molar-refractivity contribution in [3.63, 3.8) is 0 Å². The average molecular weight is 477 g/mol. The highest BCUT2D eigenvalue weighted by molar-refractivity contribution is 7.89. The maximum absolute atomic E-state index is 13.2. The lowest BCUT2D eigenvalue weighted by atomic mass is 9.94. The number of sulfonamides is 1. The third kappa shape index (κ3) is 5.25. The topological polar surface area (TPSA) is 90.0 Å². The number of benzene rings is 1. The molecule has 1 N–H and O–H groups in total. The number of likely N-dealkylation sites (tertiary alicyclic amines) is 1. The molecule has 1 atom stereocenters. The Morgan fingerprint density at radius 2 is 1.85 bits per heavy atom. The number of amides is 2. The van der Waals surface area contributed by atoms with E-state index in [-0.39, 0.29) is 17.7 Å². The van der Waals surface area contributed by atoms with Crippen molar-refractivity contribution in [3.05, 3.63) is 23.8 Å². The number of hydrogen-bond donors (Lipinski definition) is 1. The number of nitrogens with one attached hydrogen (secondary N) is 1. The van der Waals surface area contributed by atoms with Gasteiger partial charge in [-0.25, -0.2) is 8.42 Å². The summed E-state index contributed by atoms with van der Waals surface area (Å²) in [7, 11) is -3.58. The van der Waals surface area contributed by atoms with Gasteiger partial charge in [0.15, 0.2) is 0 Å². The van der Waals surface area contributed by atoms with E-state index in [4.69, 9.17) is 0 Å². The summed E-state index contributed by atoms with van der Waals surface area (Å²) in [5.74, 6) is 0.265. The van der Waals surface area contributed by atoms with Gasteiger partial charge in [0.2, 0.25) is 21.8 Å². The molecule has 2 saturated heterocycles. The molecule has 3 aliphatic heterocycles. The Balaban J connectivity index is 1.28. The van der Waals surface area contributed by atoms with Gasteiger partial charge in [-0.05, 0) is 74.9 Å². The molecule has 2 fully saturated rings. The monoisotopic (exact) mass is 476 g/mol. The first-order valence-electron chi connectivity index (χ1n) is 12.2. The highest BCUT2D eigenvalue weighted by atomic mass is 32.2. The van der Waals surface area contributed by atoms with Gasteiger partial charge in [-0.3, -0.25) is 14.5 Å². The molecule has 1 aromatic rings. The van der Waals surface area contributed by atoms with Crippen molar-refractivity contribution in [2.45, 2.75) is 63.3 Å². The summed E-state index contributed by atoms with van der Waals surface area (Å²) in [6.45, 7) is 7.99. The molecule has 33 heavy (non-hydrogen) atoms. The molecule has 182 valence electrons. The molecule has 9 heteroatoms. The van der Waals surface area contributed by atoms with E-state index in [2.05, 4.69) is 17.1 Å². The third-order valence-electron chi connectivity index (χ3n) is 7.45. The summed E-state index contributed by atoms with van der Waals surface area (Å²) in [5, 5.41) is 3.10. The fraction of sp³-hybridized carbons (Fsp3) is 0.667. The van der Waals surface area contributed by atoms with Crippen molar-refractivity contribution < 1.29 is 18.0 Å². The Morgan fingerprint density at radius 3 is 2.55 bits per heavy atom. The van der Waals surface area contributed by atoms with Gasteiger partial charge in [-0.1, -0.05) is 6.92 Å². The molecule has 1 unspecified atom stereocenters. The fourth-order valence-corrected chi connectivity index (χ4v) is 7.00. The van der Waals surface area contributed by atoms with Gasteiger partial charge < -0.3 is 10.2 Å². The number of carbonyl (C=O) groups excluding carboxylic acids is 2. The summed E-state index contributed by atoms with van der Waals surface area (Å²) in [5.41, 5.74) is 1.72. The van der Waals surface area contributed by atoms with Crippen LogP contribution in [0.1, 0.15) is 51.5 Å². The highest BCUT2D eigenvalue weighted by Crippen LogP contribution is 2.32. The summed E-state index contributed by atoms with van der Waals surface area (Å²) in [4.78, 5) is 28.6. The predicted octanol–water partition coefficient (Wildman–Crippen LogP) is 1.99. The number of rotatable bonds is 7. The quantitative estimate of drug-likeness (QED) is 0.650. The molecule has 0 aromatic heterocycles. The SMILES string of the molecule is CCN1CCCC1CNC(=O)CC1CCN(S(=O)(=O)c2ccc3c(c2)CCN3C(C)=O)CC1. The van der Waals surface area contributed by atoms with Crippen LogP contribution in [0.2, 0.25) is 0 Å². The standard InChI is InChI=1S/C24H36N4O4S/c1-3-26-11-4-5-21(26)17-25-24(30)15-19-8-12-27(13-9-19)33(31,32)22-6-7-23-20(16-22)10-14-28(23)18(2)29/h6-7,16,19,21H,3-5,8-15,17H2,1-2H3,(H,25,30). The van der Waals surface area contributed by atoms with Crippen molar-refractivity contribution >= 4 is 27.5 Å². The molecule has 2 amide bonds. The van der Waals surface area contributed by atoms with Crippen molar-refractivity contribution in [3.8, 4) is 0 Å². The predicted molar refractivity (Wildman–Crippen MR) is 128 cm³/mol. The Hall–Kier alpha value is -1.97.